The van der Waals surface area contributed by atoms with Crippen molar-refractivity contribution in [1.29, 1.82) is 0 Å². The van der Waals surface area contributed by atoms with Crippen molar-refractivity contribution in [3.05, 3.63) is 23.8 Å². The molecule has 1 aromatic carbocycles. The van der Waals surface area contributed by atoms with Crippen LogP contribution in [0.4, 0.5) is 0 Å². The predicted molar refractivity (Wildman–Crippen MR) is 111 cm³/mol. The van der Waals surface area contributed by atoms with E-state index in [1.807, 2.05) is 12.1 Å². The van der Waals surface area contributed by atoms with E-state index in [9.17, 15) is 0 Å². The number of methoxy groups -OCH3 is 1. The first kappa shape index (κ1) is 20.7. The molecule has 2 aliphatic rings. The van der Waals surface area contributed by atoms with Gasteiger partial charge in [0.1, 0.15) is 11.5 Å². The number of hydrogen-bond donors (Lipinski definition) is 2. The molecule has 156 valence electrons. The molecule has 2 fully saturated rings. The van der Waals surface area contributed by atoms with Gasteiger partial charge in [0.05, 0.1) is 26.4 Å². The average molecular weight is 391 g/mol. The average Bonchev–Trinajstić information content (AvgIpc) is 3.25. The van der Waals surface area contributed by atoms with Gasteiger partial charge in [0.2, 0.25) is 0 Å². The molecule has 0 aromatic heterocycles. The molecule has 7 heteroatoms. The Balaban J connectivity index is 1.51. The Bertz CT molecular complexity index is 626. The van der Waals surface area contributed by atoms with E-state index < -0.39 is 0 Å². The van der Waals surface area contributed by atoms with Crippen molar-refractivity contribution in [1.82, 2.24) is 15.5 Å². The van der Waals surface area contributed by atoms with Crippen LogP contribution >= 0.6 is 0 Å². The second kappa shape index (κ2) is 11.1. The first-order valence-electron chi connectivity index (χ1n) is 10.4. The summed E-state index contributed by atoms with van der Waals surface area (Å²) in [5, 5.41) is 6.79. The maximum Gasteiger partial charge on any atom is 0.191 e. The van der Waals surface area contributed by atoms with E-state index in [2.05, 4.69) is 26.6 Å². The molecule has 7 nitrogen and oxygen atoms in total. The van der Waals surface area contributed by atoms with Crippen LogP contribution in [0.2, 0.25) is 0 Å². The number of hydrogen-bond acceptors (Lipinski definition) is 5. The van der Waals surface area contributed by atoms with Crippen molar-refractivity contribution in [3.8, 4) is 11.5 Å². The van der Waals surface area contributed by atoms with Gasteiger partial charge in [0.15, 0.2) is 5.96 Å². The van der Waals surface area contributed by atoms with Gasteiger partial charge in [-0.05, 0) is 37.8 Å². The molecule has 0 bridgehead atoms. The summed E-state index contributed by atoms with van der Waals surface area (Å²) >= 11 is 0. The lowest BCUT2D eigenvalue weighted by molar-refractivity contribution is 0.0389. The third-order valence-corrected chi connectivity index (χ3v) is 5.36. The van der Waals surface area contributed by atoms with Crippen LogP contribution in [0.15, 0.2) is 23.2 Å². The molecule has 1 saturated heterocycles. The van der Waals surface area contributed by atoms with Crippen LogP contribution in [0.3, 0.4) is 0 Å². The number of morpholine rings is 1. The molecule has 0 spiro atoms. The molecule has 0 amide bonds. The van der Waals surface area contributed by atoms with Gasteiger partial charge in [-0.25, -0.2) is 0 Å². The Morgan fingerprint density at radius 1 is 1.21 bits per heavy atom. The largest absolute Gasteiger partial charge is 0.497 e. The topological polar surface area (TPSA) is 67.4 Å². The third kappa shape index (κ3) is 6.27. The van der Waals surface area contributed by atoms with Gasteiger partial charge in [-0.3, -0.25) is 9.89 Å². The molecule has 28 heavy (non-hydrogen) atoms. The molecule has 1 aliphatic heterocycles. The van der Waals surface area contributed by atoms with Crippen molar-refractivity contribution >= 4 is 5.96 Å². The molecule has 1 heterocycles. The standard InChI is InChI=1S/C21H34N4O3/c1-22-21(23-9-10-25-11-13-27-14-12-25)24-16-17-7-8-19(26-2)15-20(17)28-18-5-3-4-6-18/h7-8,15,18H,3-6,9-14,16H2,1-2H3,(H2,22,23,24). The predicted octanol–water partition coefficient (Wildman–Crippen LogP) is 2.01. The summed E-state index contributed by atoms with van der Waals surface area (Å²) in [5.74, 6) is 2.53. The fourth-order valence-corrected chi connectivity index (χ4v) is 3.66. The monoisotopic (exact) mass is 390 g/mol. The Kier molecular flexibility index (Phi) is 8.23. The van der Waals surface area contributed by atoms with Gasteiger partial charge in [0, 0.05) is 51.4 Å². The number of aliphatic imine (C=N–C) groups is 1. The molecular weight excluding hydrogens is 356 g/mol. The van der Waals surface area contributed by atoms with Crippen molar-refractivity contribution < 1.29 is 14.2 Å². The normalized spacial score (nSPS) is 18.9. The van der Waals surface area contributed by atoms with E-state index in [4.69, 9.17) is 14.2 Å². The first-order chi connectivity index (χ1) is 13.8. The van der Waals surface area contributed by atoms with E-state index in [-0.39, 0.29) is 0 Å². The number of ether oxygens (including phenoxy) is 3. The summed E-state index contributed by atoms with van der Waals surface area (Å²) < 4.78 is 17.1. The number of benzene rings is 1. The second-order valence-corrected chi connectivity index (χ2v) is 7.30. The van der Waals surface area contributed by atoms with Crippen molar-refractivity contribution in [3.63, 3.8) is 0 Å². The third-order valence-electron chi connectivity index (χ3n) is 5.36. The Labute approximate surface area is 168 Å². The summed E-state index contributed by atoms with van der Waals surface area (Å²) in [5.41, 5.74) is 1.11. The molecule has 0 radical (unpaired) electrons. The highest BCUT2D eigenvalue weighted by Gasteiger charge is 2.18. The summed E-state index contributed by atoms with van der Waals surface area (Å²) in [4.78, 5) is 6.74. The molecular formula is C21H34N4O3. The molecule has 3 rings (SSSR count). The highest BCUT2D eigenvalue weighted by atomic mass is 16.5. The number of rotatable bonds is 8. The molecule has 1 aliphatic carbocycles. The van der Waals surface area contributed by atoms with Gasteiger partial charge >= 0.3 is 0 Å². The van der Waals surface area contributed by atoms with E-state index >= 15 is 0 Å². The molecule has 2 N–H and O–H groups in total. The lowest BCUT2D eigenvalue weighted by atomic mass is 10.2. The van der Waals surface area contributed by atoms with Crippen LogP contribution in [0.5, 0.6) is 11.5 Å². The second-order valence-electron chi connectivity index (χ2n) is 7.30. The summed E-state index contributed by atoms with van der Waals surface area (Å²) in [6, 6.07) is 6.04. The molecule has 1 saturated carbocycles. The lowest BCUT2D eigenvalue weighted by Gasteiger charge is -2.26. The maximum atomic E-state index is 6.28. The summed E-state index contributed by atoms with van der Waals surface area (Å²) in [7, 11) is 3.49. The summed E-state index contributed by atoms with van der Waals surface area (Å²) in [6.45, 7) is 6.16. The first-order valence-corrected chi connectivity index (χ1v) is 10.4. The Hall–Kier alpha value is -1.99. The molecule has 0 atom stereocenters. The van der Waals surface area contributed by atoms with E-state index in [0.717, 1.165) is 75.3 Å². The Morgan fingerprint density at radius 3 is 2.71 bits per heavy atom. The van der Waals surface area contributed by atoms with E-state index in [1.54, 1.807) is 14.2 Å². The van der Waals surface area contributed by atoms with Gasteiger partial charge < -0.3 is 24.8 Å². The van der Waals surface area contributed by atoms with Crippen molar-refractivity contribution in [2.75, 3.05) is 53.6 Å². The van der Waals surface area contributed by atoms with Crippen LogP contribution in [0, 0.1) is 0 Å². The lowest BCUT2D eigenvalue weighted by Crippen LogP contribution is -2.44. The van der Waals surface area contributed by atoms with Gasteiger partial charge in [-0.15, -0.1) is 0 Å². The zero-order chi connectivity index (χ0) is 19.6. The van der Waals surface area contributed by atoms with Crippen molar-refractivity contribution in [2.45, 2.75) is 38.3 Å². The minimum atomic E-state index is 0.316. The summed E-state index contributed by atoms with van der Waals surface area (Å²) in [6.07, 6.45) is 5.09. The fourth-order valence-electron chi connectivity index (χ4n) is 3.66. The van der Waals surface area contributed by atoms with Crippen LogP contribution < -0.4 is 20.1 Å². The van der Waals surface area contributed by atoms with Crippen LogP contribution in [-0.4, -0.2) is 70.5 Å². The smallest absolute Gasteiger partial charge is 0.191 e. The minimum absolute atomic E-state index is 0.316. The SMILES string of the molecule is CN=C(NCCN1CCOCC1)NCc1ccc(OC)cc1OC1CCCC1. The van der Waals surface area contributed by atoms with Gasteiger partial charge in [0.25, 0.3) is 0 Å². The zero-order valence-electron chi connectivity index (χ0n) is 17.2. The fraction of sp³-hybridized carbons (Fsp3) is 0.667. The minimum Gasteiger partial charge on any atom is -0.497 e. The number of guanidine groups is 1. The van der Waals surface area contributed by atoms with Crippen LogP contribution in [0.1, 0.15) is 31.2 Å². The Morgan fingerprint density at radius 2 is 2.00 bits per heavy atom. The van der Waals surface area contributed by atoms with Gasteiger partial charge in [-0.1, -0.05) is 0 Å². The van der Waals surface area contributed by atoms with Crippen LogP contribution in [0.25, 0.3) is 0 Å². The van der Waals surface area contributed by atoms with Crippen LogP contribution in [-0.2, 0) is 11.3 Å². The van der Waals surface area contributed by atoms with E-state index in [0.29, 0.717) is 12.6 Å². The highest BCUT2D eigenvalue weighted by Crippen LogP contribution is 2.29. The molecule has 1 aromatic rings. The molecule has 0 unspecified atom stereocenters. The number of nitrogens with zero attached hydrogens (tertiary/aromatic N) is 2. The quantitative estimate of drug-likeness (QED) is 0.523. The van der Waals surface area contributed by atoms with E-state index in [1.165, 1.54) is 12.8 Å². The maximum absolute atomic E-state index is 6.28. The van der Waals surface area contributed by atoms with Gasteiger partial charge in [-0.2, -0.15) is 0 Å². The van der Waals surface area contributed by atoms with Crippen molar-refractivity contribution in [2.24, 2.45) is 4.99 Å². The number of nitrogens with one attached hydrogen (secondary N) is 2. The zero-order valence-corrected chi connectivity index (χ0v) is 17.2. The highest BCUT2D eigenvalue weighted by molar-refractivity contribution is 5.79.